The number of hydrogen-bond donors (Lipinski definition) is 0. The monoisotopic (exact) mass is 337 g/mol. The van der Waals surface area contributed by atoms with E-state index in [2.05, 4.69) is 27.8 Å². The van der Waals surface area contributed by atoms with Crippen molar-refractivity contribution in [2.45, 2.75) is 39.0 Å². The Labute approximate surface area is 130 Å². The maximum absolute atomic E-state index is 12.2. The fourth-order valence-corrected chi connectivity index (χ4v) is 3.16. The average Bonchev–Trinajstić information content (AvgIpc) is 2.70. The summed E-state index contributed by atoms with van der Waals surface area (Å²) in [4.78, 5) is 14.6. The average molecular weight is 338 g/mol. The molecule has 1 aromatic carbocycles. The lowest BCUT2D eigenvalue weighted by atomic mass is 9.98. The fraction of sp³-hybridized carbons (Fsp3) is 0.588. The minimum absolute atomic E-state index is 0.258. The van der Waals surface area contributed by atoms with Crippen LogP contribution in [0.15, 0.2) is 28.7 Å². The molecule has 0 bridgehead atoms. The maximum atomic E-state index is 12.2. The van der Waals surface area contributed by atoms with Gasteiger partial charge in [0, 0.05) is 23.0 Å². The Morgan fingerprint density at radius 3 is 2.70 bits per heavy atom. The van der Waals surface area contributed by atoms with Crippen molar-refractivity contribution in [3.05, 3.63) is 34.3 Å². The molecule has 20 heavy (non-hydrogen) atoms. The van der Waals surface area contributed by atoms with Crippen LogP contribution in [0.25, 0.3) is 0 Å². The highest BCUT2D eigenvalue weighted by Crippen LogP contribution is 2.20. The van der Waals surface area contributed by atoms with Crippen molar-refractivity contribution >= 4 is 21.7 Å². The molecule has 3 heteroatoms. The van der Waals surface area contributed by atoms with Crippen molar-refractivity contribution < 1.29 is 4.79 Å². The number of nitrogens with zero attached hydrogens (tertiary/aromatic N) is 1. The molecule has 1 aliphatic heterocycles. The zero-order valence-electron chi connectivity index (χ0n) is 12.3. The van der Waals surface area contributed by atoms with E-state index in [1.807, 2.05) is 24.3 Å². The molecule has 1 heterocycles. The number of Topliss-reactive ketones (excluding diaryl/α,β-unsaturated/α-hetero) is 1. The highest BCUT2D eigenvalue weighted by atomic mass is 79.9. The summed E-state index contributed by atoms with van der Waals surface area (Å²) in [7, 11) is 0. The summed E-state index contributed by atoms with van der Waals surface area (Å²) in [5.74, 6) is 1.15. The summed E-state index contributed by atoms with van der Waals surface area (Å²) in [5, 5.41) is 0. The van der Waals surface area contributed by atoms with Crippen LogP contribution in [0.4, 0.5) is 0 Å². The molecular formula is C17H24BrNO. The van der Waals surface area contributed by atoms with Gasteiger partial charge in [-0.15, -0.1) is 0 Å². The second kappa shape index (κ2) is 7.94. The molecule has 1 aromatic rings. The van der Waals surface area contributed by atoms with Gasteiger partial charge in [-0.3, -0.25) is 4.79 Å². The van der Waals surface area contributed by atoms with E-state index >= 15 is 0 Å². The van der Waals surface area contributed by atoms with Crippen LogP contribution in [0, 0.1) is 5.92 Å². The lowest BCUT2D eigenvalue weighted by Crippen LogP contribution is -2.27. The number of carbonyl (C=O) groups is 1. The topological polar surface area (TPSA) is 20.3 Å². The van der Waals surface area contributed by atoms with Gasteiger partial charge >= 0.3 is 0 Å². The zero-order valence-corrected chi connectivity index (χ0v) is 13.9. The molecule has 110 valence electrons. The number of ketones is 1. The van der Waals surface area contributed by atoms with E-state index in [1.165, 1.54) is 25.7 Å². The summed E-state index contributed by atoms with van der Waals surface area (Å²) < 4.78 is 1.02. The molecule has 0 amide bonds. The van der Waals surface area contributed by atoms with Crippen molar-refractivity contribution in [1.29, 1.82) is 0 Å². The Hall–Kier alpha value is -0.670. The molecule has 0 radical (unpaired) electrons. The highest BCUT2D eigenvalue weighted by Gasteiger charge is 2.16. The van der Waals surface area contributed by atoms with Crippen molar-refractivity contribution in [2.75, 3.05) is 19.6 Å². The quantitative estimate of drug-likeness (QED) is 0.735. The molecule has 2 rings (SSSR count). The van der Waals surface area contributed by atoms with Gasteiger partial charge in [0.05, 0.1) is 0 Å². The van der Waals surface area contributed by atoms with Gasteiger partial charge in [-0.2, -0.15) is 0 Å². The Bertz CT molecular complexity index is 429. The number of likely N-dealkylation sites (tertiary alicyclic amines) is 1. The van der Waals surface area contributed by atoms with Gasteiger partial charge in [-0.25, -0.2) is 0 Å². The van der Waals surface area contributed by atoms with Gasteiger partial charge in [0.25, 0.3) is 0 Å². The molecule has 0 spiro atoms. The van der Waals surface area contributed by atoms with Gasteiger partial charge in [0.1, 0.15) is 0 Å². The van der Waals surface area contributed by atoms with Crippen LogP contribution in [0.5, 0.6) is 0 Å². The fourth-order valence-electron chi connectivity index (χ4n) is 2.90. The van der Waals surface area contributed by atoms with Gasteiger partial charge in [-0.05, 0) is 50.4 Å². The molecule has 1 aliphatic rings. The van der Waals surface area contributed by atoms with Crippen molar-refractivity contribution in [1.82, 2.24) is 4.90 Å². The first-order valence-corrected chi connectivity index (χ1v) is 8.49. The van der Waals surface area contributed by atoms with Crippen molar-refractivity contribution in [3.8, 4) is 0 Å². The van der Waals surface area contributed by atoms with Gasteiger partial charge < -0.3 is 4.90 Å². The number of hydrogen-bond acceptors (Lipinski definition) is 2. The van der Waals surface area contributed by atoms with Crippen LogP contribution >= 0.6 is 15.9 Å². The van der Waals surface area contributed by atoms with Crippen LogP contribution in [-0.2, 0) is 0 Å². The largest absolute Gasteiger partial charge is 0.303 e. The van der Waals surface area contributed by atoms with Crippen LogP contribution in [0.2, 0.25) is 0 Å². The van der Waals surface area contributed by atoms with Crippen LogP contribution in [-0.4, -0.2) is 30.3 Å². The van der Waals surface area contributed by atoms with Crippen LogP contribution in [0.3, 0.4) is 0 Å². The summed E-state index contributed by atoms with van der Waals surface area (Å²) in [6, 6.07) is 7.68. The minimum atomic E-state index is 0.258. The molecule has 0 aromatic heterocycles. The molecule has 1 unspecified atom stereocenters. The lowest BCUT2D eigenvalue weighted by molar-refractivity contribution is 0.0964. The number of carbonyl (C=O) groups excluding carboxylic acids is 1. The summed E-state index contributed by atoms with van der Waals surface area (Å²) >= 11 is 3.40. The molecule has 1 fully saturated rings. The predicted molar refractivity (Wildman–Crippen MR) is 87.2 cm³/mol. The number of benzene rings is 1. The smallest absolute Gasteiger partial charge is 0.164 e. The van der Waals surface area contributed by atoms with Gasteiger partial charge in [0.15, 0.2) is 5.78 Å². The Kier molecular flexibility index (Phi) is 6.24. The Morgan fingerprint density at radius 2 is 2.00 bits per heavy atom. The number of halogens is 1. The third-order valence-electron chi connectivity index (χ3n) is 4.34. The second-order valence-corrected chi connectivity index (χ2v) is 6.64. The van der Waals surface area contributed by atoms with Gasteiger partial charge in [-0.1, -0.05) is 41.4 Å². The molecule has 0 N–H and O–H groups in total. The first-order chi connectivity index (χ1) is 9.69. The molecule has 0 saturated carbocycles. The van der Waals surface area contributed by atoms with E-state index in [1.54, 1.807) is 0 Å². The lowest BCUT2D eigenvalue weighted by Gasteiger charge is -2.19. The van der Waals surface area contributed by atoms with E-state index in [9.17, 15) is 4.79 Å². The third kappa shape index (κ3) is 4.71. The highest BCUT2D eigenvalue weighted by molar-refractivity contribution is 9.10. The maximum Gasteiger partial charge on any atom is 0.164 e. The predicted octanol–water partition coefficient (Wildman–Crippen LogP) is 4.53. The Morgan fingerprint density at radius 1 is 1.25 bits per heavy atom. The molecule has 1 saturated heterocycles. The van der Waals surface area contributed by atoms with E-state index in [-0.39, 0.29) is 5.78 Å². The summed E-state index contributed by atoms with van der Waals surface area (Å²) in [5.41, 5.74) is 0.828. The Balaban J connectivity index is 1.79. The first kappa shape index (κ1) is 15.7. The molecule has 1 atom stereocenters. The number of rotatable bonds is 5. The zero-order chi connectivity index (χ0) is 14.4. The molecular weight excluding hydrogens is 314 g/mol. The summed E-state index contributed by atoms with van der Waals surface area (Å²) in [6.07, 6.45) is 5.87. The van der Waals surface area contributed by atoms with Crippen molar-refractivity contribution in [3.63, 3.8) is 0 Å². The van der Waals surface area contributed by atoms with E-state index in [0.717, 1.165) is 35.6 Å². The third-order valence-corrected chi connectivity index (χ3v) is 4.87. The summed E-state index contributed by atoms with van der Waals surface area (Å²) in [6.45, 7) is 5.51. The van der Waals surface area contributed by atoms with E-state index < -0.39 is 0 Å². The van der Waals surface area contributed by atoms with Crippen LogP contribution in [0.1, 0.15) is 49.4 Å². The molecule has 0 aliphatic carbocycles. The second-order valence-electron chi connectivity index (χ2n) is 5.73. The first-order valence-electron chi connectivity index (χ1n) is 7.70. The van der Waals surface area contributed by atoms with Crippen LogP contribution < -0.4 is 0 Å². The van der Waals surface area contributed by atoms with E-state index in [4.69, 9.17) is 0 Å². The normalized spacial score (nSPS) is 20.6. The minimum Gasteiger partial charge on any atom is -0.303 e. The SMILES string of the molecule is CCC1CCCN(CCC(=O)c2ccc(Br)cc2)CC1. The standard InChI is InChI=1S/C17H24BrNO/c1-2-14-4-3-11-19(12-9-14)13-10-17(20)15-5-7-16(18)8-6-15/h5-8,14H,2-4,9-13H2,1H3. The van der Waals surface area contributed by atoms with Crippen molar-refractivity contribution in [2.24, 2.45) is 5.92 Å². The van der Waals surface area contributed by atoms with E-state index in [0.29, 0.717) is 6.42 Å². The van der Waals surface area contributed by atoms with Gasteiger partial charge in [0.2, 0.25) is 0 Å². The molecule has 2 nitrogen and oxygen atoms in total.